The number of amides is 1. The van der Waals surface area contributed by atoms with Crippen LogP contribution in [0.15, 0.2) is 83.8 Å². The summed E-state index contributed by atoms with van der Waals surface area (Å²) in [6.07, 6.45) is 0.872. The molecule has 0 atom stereocenters. The van der Waals surface area contributed by atoms with Gasteiger partial charge in [0.2, 0.25) is 0 Å². The number of sulfonamides is 1. The maximum Gasteiger partial charge on any atom is 0.261 e. The van der Waals surface area contributed by atoms with Crippen molar-refractivity contribution in [2.45, 2.75) is 17.9 Å². The average Bonchev–Trinajstić information content (AvgIpc) is 3.49. The third-order valence-corrected chi connectivity index (χ3v) is 10.0. The number of aromatic nitrogens is 1. The molecule has 5 aromatic rings. The highest BCUT2D eigenvalue weighted by Crippen LogP contribution is 2.45. The summed E-state index contributed by atoms with van der Waals surface area (Å²) in [7, 11) is -1.77. The van der Waals surface area contributed by atoms with Crippen molar-refractivity contribution in [1.29, 1.82) is 0 Å². The number of carbonyl (C=O) groups is 1. The molecule has 1 aliphatic rings. The second-order valence-electron chi connectivity index (χ2n) is 9.10. The van der Waals surface area contributed by atoms with Gasteiger partial charge < -0.3 is 10.2 Å². The van der Waals surface area contributed by atoms with Crippen LogP contribution in [0.5, 0.6) is 0 Å². The second-order valence-corrected chi connectivity index (χ2v) is 12.9. The SMILES string of the molecule is CN1CCc2c(sc(NC(=O)c3ccccc3NS(=O)(=O)c3ccccc3)c2-c2nc3ccccc3s2)C1. The molecule has 1 amide bonds. The fourth-order valence-corrected chi connectivity index (χ4v) is 8.10. The van der Waals surface area contributed by atoms with Crippen LogP contribution < -0.4 is 10.0 Å². The van der Waals surface area contributed by atoms with E-state index in [-0.39, 0.29) is 22.1 Å². The molecule has 3 heterocycles. The lowest BCUT2D eigenvalue weighted by atomic mass is 10.0. The summed E-state index contributed by atoms with van der Waals surface area (Å²) in [4.78, 5) is 22.1. The van der Waals surface area contributed by atoms with Gasteiger partial charge in [0.15, 0.2) is 0 Å². The molecule has 1 aliphatic heterocycles. The van der Waals surface area contributed by atoms with Gasteiger partial charge in [-0.25, -0.2) is 13.4 Å². The number of hydrogen-bond acceptors (Lipinski definition) is 7. The number of hydrogen-bond donors (Lipinski definition) is 2. The van der Waals surface area contributed by atoms with Crippen LogP contribution in [-0.2, 0) is 23.0 Å². The van der Waals surface area contributed by atoms with Crippen molar-refractivity contribution in [2.24, 2.45) is 0 Å². The number of carbonyl (C=O) groups excluding carboxylic acids is 1. The zero-order chi connectivity index (χ0) is 26.3. The quantitative estimate of drug-likeness (QED) is 0.263. The number of thiophene rings is 1. The molecule has 2 aromatic heterocycles. The maximum atomic E-state index is 13.6. The molecule has 10 heteroatoms. The predicted molar refractivity (Wildman–Crippen MR) is 155 cm³/mol. The first kappa shape index (κ1) is 24.7. The molecule has 38 heavy (non-hydrogen) atoms. The van der Waals surface area contributed by atoms with Gasteiger partial charge in [0.1, 0.15) is 10.0 Å². The van der Waals surface area contributed by atoms with E-state index < -0.39 is 10.0 Å². The largest absolute Gasteiger partial charge is 0.313 e. The minimum absolute atomic E-state index is 0.128. The molecular formula is C28H24N4O3S3. The Morgan fingerprint density at radius 1 is 0.947 bits per heavy atom. The summed E-state index contributed by atoms with van der Waals surface area (Å²) in [6, 6.07) is 22.8. The Bertz CT molecular complexity index is 1730. The molecule has 6 rings (SSSR count). The average molecular weight is 561 g/mol. The number of nitrogens with one attached hydrogen (secondary N) is 2. The van der Waals surface area contributed by atoms with E-state index in [4.69, 9.17) is 4.98 Å². The number of para-hydroxylation sites is 2. The van der Waals surface area contributed by atoms with Crippen molar-refractivity contribution in [3.63, 3.8) is 0 Å². The number of anilines is 2. The van der Waals surface area contributed by atoms with Crippen molar-refractivity contribution in [3.8, 4) is 10.6 Å². The molecule has 3 aromatic carbocycles. The van der Waals surface area contributed by atoms with Crippen molar-refractivity contribution < 1.29 is 13.2 Å². The van der Waals surface area contributed by atoms with Crippen LogP contribution in [0, 0.1) is 0 Å². The van der Waals surface area contributed by atoms with E-state index in [1.54, 1.807) is 65.1 Å². The fourth-order valence-electron chi connectivity index (χ4n) is 4.57. The Labute approximate surface area is 228 Å². The van der Waals surface area contributed by atoms with Crippen molar-refractivity contribution in [2.75, 3.05) is 23.6 Å². The van der Waals surface area contributed by atoms with E-state index in [9.17, 15) is 13.2 Å². The molecular weight excluding hydrogens is 537 g/mol. The van der Waals surface area contributed by atoms with Gasteiger partial charge >= 0.3 is 0 Å². The Morgan fingerprint density at radius 2 is 1.68 bits per heavy atom. The van der Waals surface area contributed by atoms with Gasteiger partial charge in [-0.15, -0.1) is 22.7 Å². The van der Waals surface area contributed by atoms with Crippen LogP contribution in [0.1, 0.15) is 20.8 Å². The van der Waals surface area contributed by atoms with Gasteiger partial charge in [0.25, 0.3) is 15.9 Å². The standard InChI is InChI=1S/C28H24N4O3S3/c1-32-16-15-20-24(17-32)37-28(25(20)27-29-22-13-7-8-14-23(22)36-27)30-26(33)19-11-5-6-12-21(19)31-38(34,35)18-9-3-2-4-10-18/h2-14,31H,15-17H2,1H3,(H,30,33). The van der Waals surface area contributed by atoms with E-state index in [2.05, 4.69) is 28.1 Å². The molecule has 0 aliphatic carbocycles. The molecule has 2 N–H and O–H groups in total. The van der Waals surface area contributed by atoms with E-state index in [0.29, 0.717) is 0 Å². The highest BCUT2D eigenvalue weighted by atomic mass is 32.2. The Balaban J connectivity index is 1.37. The van der Waals surface area contributed by atoms with Crippen LogP contribution in [0.2, 0.25) is 0 Å². The van der Waals surface area contributed by atoms with Gasteiger partial charge in [0, 0.05) is 23.5 Å². The maximum absolute atomic E-state index is 13.6. The molecule has 7 nitrogen and oxygen atoms in total. The first-order valence-electron chi connectivity index (χ1n) is 12.1. The van der Waals surface area contributed by atoms with Crippen LogP contribution in [0.4, 0.5) is 10.7 Å². The van der Waals surface area contributed by atoms with Gasteiger partial charge in [0.05, 0.1) is 26.4 Å². The van der Waals surface area contributed by atoms with E-state index >= 15 is 0 Å². The molecule has 0 unspecified atom stereocenters. The van der Waals surface area contributed by atoms with Gasteiger partial charge in [-0.1, -0.05) is 42.5 Å². The predicted octanol–water partition coefficient (Wildman–Crippen LogP) is 6.07. The third-order valence-electron chi connectivity index (χ3n) is 6.45. The molecule has 0 radical (unpaired) electrons. The van der Waals surface area contributed by atoms with E-state index in [0.717, 1.165) is 45.3 Å². The lowest BCUT2D eigenvalue weighted by Crippen LogP contribution is -2.25. The van der Waals surface area contributed by atoms with Crippen LogP contribution >= 0.6 is 22.7 Å². The Kier molecular flexibility index (Phi) is 6.48. The minimum Gasteiger partial charge on any atom is -0.313 e. The number of benzene rings is 3. The van der Waals surface area contributed by atoms with Crippen molar-refractivity contribution in [1.82, 2.24) is 9.88 Å². The molecule has 0 saturated carbocycles. The lowest BCUT2D eigenvalue weighted by molar-refractivity contribution is 0.102. The first-order valence-corrected chi connectivity index (χ1v) is 15.2. The molecule has 0 fully saturated rings. The van der Waals surface area contributed by atoms with Crippen LogP contribution in [0.25, 0.3) is 20.8 Å². The zero-order valence-electron chi connectivity index (χ0n) is 20.5. The highest BCUT2D eigenvalue weighted by Gasteiger charge is 2.27. The zero-order valence-corrected chi connectivity index (χ0v) is 22.9. The summed E-state index contributed by atoms with van der Waals surface area (Å²) in [6.45, 7) is 1.74. The number of rotatable bonds is 6. The second kappa shape index (κ2) is 9.95. The van der Waals surface area contributed by atoms with Crippen LogP contribution in [0.3, 0.4) is 0 Å². The summed E-state index contributed by atoms with van der Waals surface area (Å²) in [5, 5.41) is 4.71. The van der Waals surface area contributed by atoms with Crippen molar-refractivity contribution >= 4 is 59.5 Å². The smallest absolute Gasteiger partial charge is 0.261 e. The normalized spacial score (nSPS) is 13.8. The lowest BCUT2D eigenvalue weighted by Gasteiger charge is -2.22. The number of fused-ring (bicyclic) bond motifs is 2. The molecule has 192 valence electrons. The highest BCUT2D eigenvalue weighted by molar-refractivity contribution is 7.92. The first-order chi connectivity index (χ1) is 18.4. The van der Waals surface area contributed by atoms with Gasteiger partial charge in [-0.05, 0) is 55.4 Å². The summed E-state index contributed by atoms with van der Waals surface area (Å²) < 4.78 is 29.6. The Morgan fingerprint density at radius 3 is 2.50 bits per heavy atom. The minimum atomic E-state index is -3.86. The third kappa shape index (κ3) is 4.71. The molecule has 0 bridgehead atoms. The topological polar surface area (TPSA) is 91.4 Å². The summed E-state index contributed by atoms with van der Waals surface area (Å²) in [5.41, 5.74) is 3.58. The van der Waals surface area contributed by atoms with Crippen molar-refractivity contribution in [3.05, 3.63) is 94.9 Å². The summed E-state index contributed by atoms with van der Waals surface area (Å²) in [5.74, 6) is -0.384. The van der Waals surface area contributed by atoms with Crippen LogP contribution in [-0.4, -0.2) is 37.8 Å². The molecule has 0 spiro atoms. The number of likely N-dealkylation sites (N-methyl/N-ethyl adjacent to an activating group) is 1. The van der Waals surface area contributed by atoms with E-state index in [1.165, 1.54) is 22.6 Å². The number of nitrogens with zero attached hydrogens (tertiary/aromatic N) is 2. The fraction of sp³-hybridized carbons (Fsp3) is 0.143. The summed E-state index contributed by atoms with van der Waals surface area (Å²) >= 11 is 3.18. The van der Waals surface area contributed by atoms with E-state index in [1.807, 2.05) is 18.2 Å². The van der Waals surface area contributed by atoms with Gasteiger partial charge in [-0.3, -0.25) is 9.52 Å². The monoisotopic (exact) mass is 560 g/mol. The van der Waals surface area contributed by atoms with Gasteiger partial charge in [-0.2, -0.15) is 0 Å². The Hall–Kier alpha value is -3.57. The molecule has 0 saturated heterocycles. The number of thiazole rings is 1.